The highest BCUT2D eigenvalue weighted by Gasteiger charge is 2.39. The van der Waals surface area contributed by atoms with Crippen molar-refractivity contribution in [3.8, 4) is 5.75 Å². The number of carbonyl (C=O) groups excluding carboxylic acids is 1. The number of hydrogen-bond acceptors (Lipinski definition) is 4. The molecule has 6 heteroatoms. The third kappa shape index (κ3) is 5.01. The van der Waals surface area contributed by atoms with E-state index in [1.807, 2.05) is 36.4 Å². The van der Waals surface area contributed by atoms with Gasteiger partial charge in [0.25, 0.3) is 5.91 Å². The number of phenolic OH excluding ortho intramolecular Hbond substituents is 1. The van der Waals surface area contributed by atoms with Crippen LogP contribution < -0.4 is 5.43 Å². The minimum atomic E-state index is -1.94. The number of phenols is 1. The van der Waals surface area contributed by atoms with E-state index in [9.17, 15) is 15.0 Å². The van der Waals surface area contributed by atoms with E-state index < -0.39 is 11.5 Å². The van der Waals surface area contributed by atoms with E-state index >= 15 is 0 Å². The predicted molar refractivity (Wildman–Crippen MR) is 134 cm³/mol. The second kappa shape index (κ2) is 10.3. The molecule has 0 aliphatic rings. The van der Waals surface area contributed by atoms with Gasteiger partial charge in [-0.15, -0.1) is 0 Å². The Hall–Kier alpha value is -3.93. The van der Waals surface area contributed by atoms with Crippen molar-refractivity contribution in [3.63, 3.8) is 0 Å². The van der Waals surface area contributed by atoms with E-state index in [1.54, 1.807) is 66.7 Å². The fourth-order valence-electron chi connectivity index (χ4n) is 3.71. The lowest BCUT2D eigenvalue weighted by Gasteiger charge is -2.27. The molecule has 4 aromatic rings. The Bertz CT molecular complexity index is 1270. The van der Waals surface area contributed by atoms with Crippen LogP contribution in [0.4, 0.5) is 0 Å². The summed E-state index contributed by atoms with van der Waals surface area (Å²) in [4.78, 5) is 13.1. The fraction of sp³-hybridized carbons (Fsp3) is 0.0714. The Morgan fingerprint density at radius 2 is 1.47 bits per heavy atom. The predicted octanol–water partition coefficient (Wildman–Crippen LogP) is 5.02. The van der Waals surface area contributed by atoms with E-state index in [-0.39, 0.29) is 5.75 Å². The van der Waals surface area contributed by atoms with Crippen molar-refractivity contribution in [3.05, 3.63) is 136 Å². The topological polar surface area (TPSA) is 81.9 Å². The van der Waals surface area contributed by atoms with Gasteiger partial charge in [-0.25, -0.2) is 5.43 Å². The average molecular weight is 471 g/mol. The van der Waals surface area contributed by atoms with Gasteiger partial charge in [-0.1, -0.05) is 96.5 Å². The first-order valence-electron chi connectivity index (χ1n) is 10.7. The van der Waals surface area contributed by atoms with Gasteiger partial charge in [-0.3, -0.25) is 4.79 Å². The second-order valence-electron chi connectivity index (χ2n) is 7.80. The monoisotopic (exact) mass is 470 g/mol. The smallest absolute Gasteiger partial charge is 0.281 e. The molecule has 0 saturated heterocycles. The van der Waals surface area contributed by atoms with Crippen molar-refractivity contribution in [2.24, 2.45) is 5.10 Å². The maximum atomic E-state index is 13.1. The number of nitrogens with zero attached hydrogens (tertiary/aromatic N) is 1. The van der Waals surface area contributed by atoms with Crippen LogP contribution in [-0.4, -0.2) is 22.3 Å². The molecule has 0 fully saturated rings. The summed E-state index contributed by atoms with van der Waals surface area (Å²) in [6.45, 7) is 0. The number of carbonyl (C=O) groups is 1. The molecule has 0 aliphatic carbocycles. The molecular weight excluding hydrogens is 448 g/mol. The van der Waals surface area contributed by atoms with E-state index in [0.717, 1.165) is 11.1 Å². The summed E-state index contributed by atoms with van der Waals surface area (Å²) in [7, 11) is 0. The second-order valence-corrected chi connectivity index (χ2v) is 8.21. The standard InChI is InChI=1S/C28H23ClN2O3/c29-25-14-8-7-9-21(25)17-20-15-16-26(32)22(18-20)19-30-31-27(33)28(34,23-10-3-1-4-11-23)24-12-5-2-6-13-24/h1-16,18-19,32,34H,17H2,(H,31,33)/b30-19-. The van der Waals surface area contributed by atoms with Crippen LogP contribution in [-0.2, 0) is 16.8 Å². The largest absolute Gasteiger partial charge is 0.507 e. The van der Waals surface area contributed by atoms with Gasteiger partial charge in [-0.05, 0) is 46.9 Å². The number of hydrogen-bond donors (Lipinski definition) is 3. The van der Waals surface area contributed by atoms with Gasteiger partial charge in [0.05, 0.1) is 6.21 Å². The van der Waals surface area contributed by atoms with Crippen molar-refractivity contribution < 1.29 is 15.0 Å². The molecule has 0 unspecified atom stereocenters. The summed E-state index contributed by atoms with van der Waals surface area (Å²) >= 11 is 6.26. The van der Waals surface area contributed by atoms with E-state index in [2.05, 4.69) is 10.5 Å². The highest BCUT2D eigenvalue weighted by molar-refractivity contribution is 6.31. The minimum absolute atomic E-state index is 0.0160. The maximum Gasteiger partial charge on any atom is 0.281 e. The minimum Gasteiger partial charge on any atom is -0.507 e. The molecule has 34 heavy (non-hydrogen) atoms. The normalized spacial score (nSPS) is 11.5. The zero-order chi connectivity index (χ0) is 24.0. The van der Waals surface area contributed by atoms with Crippen LogP contribution in [0.15, 0.2) is 108 Å². The number of nitrogens with one attached hydrogen (secondary N) is 1. The third-order valence-electron chi connectivity index (χ3n) is 5.53. The molecule has 170 valence electrons. The Labute approximate surface area is 203 Å². The average Bonchev–Trinajstić information content (AvgIpc) is 2.87. The van der Waals surface area contributed by atoms with E-state index in [0.29, 0.717) is 28.1 Å². The molecule has 1 amide bonds. The van der Waals surface area contributed by atoms with Gasteiger partial charge in [0.2, 0.25) is 0 Å². The van der Waals surface area contributed by atoms with Crippen LogP contribution in [0.3, 0.4) is 0 Å². The Morgan fingerprint density at radius 3 is 2.09 bits per heavy atom. The first-order chi connectivity index (χ1) is 16.5. The van der Waals surface area contributed by atoms with Gasteiger partial charge in [-0.2, -0.15) is 5.10 Å². The van der Waals surface area contributed by atoms with Crippen molar-refractivity contribution in [2.45, 2.75) is 12.0 Å². The Balaban J connectivity index is 1.56. The summed E-state index contributed by atoms with van der Waals surface area (Å²) in [5.74, 6) is -0.699. The molecule has 0 aromatic heterocycles. The lowest BCUT2D eigenvalue weighted by atomic mass is 9.85. The maximum absolute atomic E-state index is 13.1. The highest BCUT2D eigenvalue weighted by atomic mass is 35.5. The number of hydrazone groups is 1. The number of halogens is 1. The van der Waals surface area contributed by atoms with E-state index in [1.165, 1.54) is 6.21 Å². The fourth-order valence-corrected chi connectivity index (χ4v) is 3.91. The van der Waals surface area contributed by atoms with Crippen LogP contribution in [0.2, 0.25) is 5.02 Å². The van der Waals surface area contributed by atoms with Crippen LogP contribution >= 0.6 is 11.6 Å². The van der Waals surface area contributed by atoms with Crippen molar-refractivity contribution in [1.29, 1.82) is 0 Å². The summed E-state index contributed by atoms with van der Waals surface area (Å²) in [6, 6.07) is 30.1. The highest BCUT2D eigenvalue weighted by Crippen LogP contribution is 2.30. The molecule has 0 saturated carbocycles. The number of benzene rings is 4. The number of aromatic hydroxyl groups is 1. The molecule has 0 aliphatic heterocycles. The molecule has 5 nitrogen and oxygen atoms in total. The number of amides is 1. The Morgan fingerprint density at radius 1 is 0.882 bits per heavy atom. The van der Waals surface area contributed by atoms with E-state index in [4.69, 9.17) is 11.6 Å². The molecule has 3 N–H and O–H groups in total. The van der Waals surface area contributed by atoms with Gasteiger partial charge >= 0.3 is 0 Å². The van der Waals surface area contributed by atoms with Crippen molar-refractivity contribution in [1.82, 2.24) is 5.43 Å². The lowest BCUT2D eigenvalue weighted by Crippen LogP contribution is -2.43. The van der Waals surface area contributed by atoms with Crippen LogP contribution in [0.5, 0.6) is 5.75 Å². The molecule has 0 bridgehead atoms. The Kier molecular flexibility index (Phi) is 7.07. The number of aliphatic hydroxyl groups is 1. The van der Waals surface area contributed by atoms with Crippen molar-refractivity contribution >= 4 is 23.7 Å². The van der Waals surface area contributed by atoms with Crippen LogP contribution in [0, 0.1) is 0 Å². The van der Waals surface area contributed by atoms with Crippen molar-refractivity contribution in [2.75, 3.05) is 0 Å². The van der Waals surface area contributed by atoms with Gasteiger partial charge in [0, 0.05) is 10.6 Å². The quantitative estimate of drug-likeness (QED) is 0.262. The van der Waals surface area contributed by atoms with Crippen LogP contribution in [0.1, 0.15) is 27.8 Å². The summed E-state index contributed by atoms with van der Waals surface area (Å²) < 4.78 is 0. The lowest BCUT2D eigenvalue weighted by molar-refractivity contribution is -0.136. The molecule has 4 aromatic carbocycles. The molecule has 4 rings (SSSR count). The van der Waals surface area contributed by atoms with Gasteiger partial charge in [0.15, 0.2) is 5.60 Å². The molecule has 0 radical (unpaired) electrons. The van der Waals surface area contributed by atoms with Crippen LogP contribution in [0.25, 0.3) is 0 Å². The summed E-state index contributed by atoms with van der Waals surface area (Å²) in [6.07, 6.45) is 1.93. The molecule has 0 atom stereocenters. The van der Waals surface area contributed by atoms with Gasteiger partial charge in [0.1, 0.15) is 5.75 Å². The first kappa shape index (κ1) is 23.2. The SMILES string of the molecule is O=C(N/N=C\c1cc(Cc2ccccc2Cl)ccc1O)C(O)(c1ccccc1)c1ccccc1. The molecule has 0 spiro atoms. The number of rotatable bonds is 7. The zero-order valence-electron chi connectivity index (χ0n) is 18.2. The zero-order valence-corrected chi connectivity index (χ0v) is 19.0. The first-order valence-corrected chi connectivity index (χ1v) is 11.1. The van der Waals surface area contributed by atoms with Gasteiger partial charge < -0.3 is 10.2 Å². The molecule has 0 heterocycles. The third-order valence-corrected chi connectivity index (χ3v) is 5.89. The summed E-state index contributed by atoms with van der Waals surface area (Å²) in [5, 5.41) is 26.4. The summed E-state index contributed by atoms with van der Waals surface area (Å²) in [5.41, 5.74) is 3.62. The molecular formula is C28H23ClN2O3.